The standard InChI is InChI=1S/C12H14N2O3/c1-9(10-6-4-3-5-7-10)12(16)14-13-8-11(15)17-2/h3-7,13H,1,8H2,2H3,(H,14,16). The molecule has 5 heteroatoms. The summed E-state index contributed by atoms with van der Waals surface area (Å²) in [5, 5.41) is 0. The fraction of sp³-hybridized carbons (Fsp3) is 0.167. The van der Waals surface area contributed by atoms with Gasteiger partial charge in [0.2, 0.25) is 0 Å². The zero-order chi connectivity index (χ0) is 12.7. The Labute approximate surface area is 99.4 Å². The van der Waals surface area contributed by atoms with Gasteiger partial charge in [0.15, 0.2) is 0 Å². The zero-order valence-corrected chi connectivity index (χ0v) is 9.53. The summed E-state index contributed by atoms with van der Waals surface area (Å²) in [5.41, 5.74) is 5.86. The minimum atomic E-state index is -0.462. The third kappa shape index (κ3) is 4.08. The maximum atomic E-state index is 11.6. The fourth-order valence-corrected chi connectivity index (χ4v) is 1.11. The summed E-state index contributed by atoms with van der Waals surface area (Å²) in [6.07, 6.45) is 0. The molecule has 1 amide bonds. The second-order valence-corrected chi connectivity index (χ2v) is 3.23. The van der Waals surface area contributed by atoms with E-state index in [0.717, 1.165) is 5.56 Å². The lowest BCUT2D eigenvalue weighted by molar-refractivity contribution is -0.139. The Bertz CT molecular complexity index is 415. The molecule has 0 radical (unpaired) electrons. The molecule has 0 aliphatic heterocycles. The Kier molecular flexibility index (Phi) is 4.90. The summed E-state index contributed by atoms with van der Waals surface area (Å²) in [7, 11) is 1.27. The van der Waals surface area contributed by atoms with Crippen molar-refractivity contribution in [3.05, 3.63) is 42.5 Å². The summed E-state index contributed by atoms with van der Waals surface area (Å²) in [6, 6.07) is 9.04. The lowest BCUT2D eigenvalue weighted by Crippen LogP contribution is -2.41. The van der Waals surface area contributed by atoms with Gasteiger partial charge in [0.05, 0.1) is 7.11 Å². The second-order valence-electron chi connectivity index (χ2n) is 3.23. The number of hydrogen-bond donors (Lipinski definition) is 2. The molecule has 1 aromatic carbocycles. The highest BCUT2D eigenvalue weighted by Crippen LogP contribution is 2.10. The van der Waals surface area contributed by atoms with Gasteiger partial charge >= 0.3 is 5.97 Å². The lowest BCUT2D eigenvalue weighted by atomic mass is 10.1. The summed E-state index contributed by atoms with van der Waals surface area (Å²) < 4.78 is 4.40. The first kappa shape index (κ1) is 12.9. The average molecular weight is 234 g/mol. The van der Waals surface area contributed by atoms with Crippen molar-refractivity contribution in [1.82, 2.24) is 10.9 Å². The molecule has 0 aliphatic rings. The van der Waals surface area contributed by atoms with Crippen LogP contribution in [-0.4, -0.2) is 25.5 Å². The number of rotatable bonds is 5. The first-order valence-corrected chi connectivity index (χ1v) is 4.99. The molecule has 0 fully saturated rings. The average Bonchev–Trinajstić information content (AvgIpc) is 2.38. The highest BCUT2D eigenvalue weighted by molar-refractivity contribution is 6.18. The lowest BCUT2D eigenvalue weighted by Gasteiger charge is -2.08. The van der Waals surface area contributed by atoms with Crippen LogP contribution < -0.4 is 10.9 Å². The maximum absolute atomic E-state index is 11.6. The monoisotopic (exact) mass is 234 g/mol. The van der Waals surface area contributed by atoms with Crippen LogP contribution in [-0.2, 0) is 14.3 Å². The molecule has 0 unspecified atom stereocenters. The fourth-order valence-electron chi connectivity index (χ4n) is 1.11. The first-order chi connectivity index (χ1) is 8.15. The van der Waals surface area contributed by atoms with E-state index in [1.807, 2.05) is 18.2 Å². The van der Waals surface area contributed by atoms with E-state index in [1.54, 1.807) is 12.1 Å². The van der Waals surface area contributed by atoms with Gasteiger partial charge in [-0.25, -0.2) is 5.43 Å². The molecular weight excluding hydrogens is 220 g/mol. The molecule has 0 saturated carbocycles. The number of esters is 1. The van der Waals surface area contributed by atoms with E-state index in [0.29, 0.717) is 5.57 Å². The van der Waals surface area contributed by atoms with Crippen LogP contribution in [0, 0.1) is 0 Å². The van der Waals surface area contributed by atoms with E-state index in [1.165, 1.54) is 7.11 Å². The van der Waals surface area contributed by atoms with E-state index in [9.17, 15) is 9.59 Å². The van der Waals surface area contributed by atoms with Crippen molar-refractivity contribution in [3.63, 3.8) is 0 Å². The third-order valence-electron chi connectivity index (χ3n) is 2.06. The third-order valence-corrected chi connectivity index (χ3v) is 2.06. The van der Waals surface area contributed by atoms with Crippen LogP contribution in [0.4, 0.5) is 0 Å². The number of methoxy groups -OCH3 is 1. The largest absolute Gasteiger partial charge is 0.468 e. The molecule has 5 nitrogen and oxygen atoms in total. The number of nitrogens with one attached hydrogen (secondary N) is 2. The van der Waals surface area contributed by atoms with Crippen LogP contribution in [0.1, 0.15) is 5.56 Å². The predicted octanol–water partition coefficient (Wildman–Crippen LogP) is 0.494. The van der Waals surface area contributed by atoms with Crippen molar-refractivity contribution in [3.8, 4) is 0 Å². The molecule has 0 heterocycles. The first-order valence-electron chi connectivity index (χ1n) is 4.99. The predicted molar refractivity (Wildman–Crippen MR) is 63.6 cm³/mol. The topological polar surface area (TPSA) is 67.4 Å². The Hall–Kier alpha value is -2.14. The Morgan fingerprint density at radius 1 is 1.29 bits per heavy atom. The molecule has 2 N–H and O–H groups in total. The van der Waals surface area contributed by atoms with Crippen molar-refractivity contribution in [2.24, 2.45) is 0 Å². The molecule has 0 saturated heterocycles. The van der Waals surface area contributed by atoms with Gasteiger partial charge in [-0.15, -0.1) is 0 Å². The number of carbonyl (C=O) groups excluding carboxylic acids is 2. The van der Waals surface area contributed by atoms with Crippen molar-refractivity contribution in [2.45, 2.75) is 0 Å². The molecule has 0 bridgehead atoms. The number of ether oxygens (including phenoxy) is 1. The Balaban J connectivity index is 2.43. The van der Waals surface area contributed by atoms with Crippen molar-refractivity contribution < 1.29 is 14.3 Å². The minimum Gasteiger partial charge on any atom is -0.468 e. The van der Waals surface area contributed by atoms with Crippen LogP contribution >= 0.6 is 0 Å². The van der Waals surface area contributed by atoms with Crippen LogP contribution in [0.25, 0.3) is 5.57 Å². The van der Waals surface area contributed by atoms with E-state index in [-0.39, 0.29) is 12.5 Å². The van der Waals surface area contributed by atoms with E-state index >= 15 is 0 Å². The van der Waals surface area contributed by atoms with E-state index in [4.69, 9.17) is 0 Å². The van der Waals surface area contributed by atoms with Gasteiger partial charge in [-0.1, -0.05) is 36.9 Å². The van der Waals surface area contributed by atoms with Gasteiger partial charge < -0.3 is 4.74 Å². The van der Waals surface area contributed by atoms with E-state index in [2.05, 4.69) is 22.2 Å². The summed E-state index contributed by atoms with van der Waals surface area (Å²) in [6.45, 7) is 3.58. The molecule has 0 spiro atoms. The molecule has 0 aromatic heterocycles. The van der Waals surface area contributed by atoms with Crippen LogP contribution in [0.2, 0.25) is 0 Å². The SMILES string of the molecule is C=C(C(=O)NNCC(=O)OC)c1ccccc1. The number of hydrazine groups is 1. The molecule has 0 atom stereocenters. The number of benzene rings is 1. The van der Waals surface area contributed by atoms with Gasteiger partial charge in [0, 0.05) is 5.57 Å². The smallest absolute Gasteiger partial charge is 0.321 e. The van der Waals surface area contributed by atoms with Crippen molar-refractivity contribution >= 4 is 17.4 Å². The Morgan fingerprint density at radius 2 is 1.94 bits per heavy atom. The van der Waals surface area contributed by atoms with Gasteiger partial charge in [-0.2, -0.15) is 0 Å². The molecular formula is C12H14N2O3. The van der Waals surface area contributed by atoms with E-state index < -0.39 is 5.97 Å². The van der Waals surface area contributed by atoms with Gasteiger partial charge in [-0.05, 0) is 5.56 Å². The molecule has 1 rings (SSSR count). The summed E-state index contributed by atoms with van der Waals surface area (Å²) in [4.78, 5) is 22.4. The highest BCUT2D eigenvalue weighted by atomic mass is 16.5. The number of carbonyl (C=O) groups is 2. The van der Waals surface area contributed by atoms with Crippen molar-refractivity contribution in [2.75, 3.05) is 13.7 Å². The molecule has 90 valence electrons. The second kappa shape index (κ2) is 6.44. The molecule has 17 heavy (non-hydrogen) atoms. The minimum absolute atomic E-state index is 0.0929. The Morgan fingerprint density at radius 3 is 2.53 bits per heavy atom. The van der Waals surface area contributed by atoms with Gasteiger partial charge in [0.1, 0.15) is 6.54 Å². The quantitative estimate of drug-likeness (QED) is 0.442. The number of amides is 1. The zero-order valence-electron chi connectivity index (χ0n) is 9.53. The number of hydrogen-bond acceptors (Lipinski definition) is 4. The molecule has 0 aliphatic carbocycles. The van der Waals surface area contributed by atoms with Crippen LogP contribution in [0.15, 0.2) is 36.9 Å². The summed E-state index contributed by atoms with van der Waals surface area (Å²) >= 11 is 0. The highest BCUT2D eigenvalue weighted by Gasteiger charge is 2.08. The van der Waals surface area contributed by atoms with Crippen LogP contribution in [0.5, 0.6) is 0 Å². The van der Waals surface area contributed by atoms with Gasteiger partial charge in [-0.3, -0.25) is 15.0 Å². The normalized spacial score (nSPS) is 9.47. The van der Waals surface area contributed by atoms with Crippen LogP contribution in [0.3, 0.4) is 0 Å². The van der Waals surface area contributed by atoms with Gasteiger partial charge in [0.25, 0.3) is 5.91 Å². The maximum Gasteiger partial charge on any atom is 0.321 e. The van der Waals surface area contributed by atoms with Crippen molar-refractivity contribution in [1.29, 1.82) is 0 Å². The summed E-state index contributed by atoms with van der Waals surface area (Å²) in [5.74, 6) is -0.851. The molecule has 1 aromatic rings.